The second-order valence-electron chi connectivity index (χ2n) is 7.17. The molecule has 34 heavy (non-hydrogen) atoms. The molecule has 4 rings (SSSR count). The number of fused-ring (bicyclic) bond motifs is 1. The molecule has 0 atom stereocenters. The van der Waals surface area contributed by atoms with Crippen LogP contribution in [0.2, 0.25) is 5.02 Å². The molecule has 3 aromatic carbocycles. The summed E-state index contributed by atoms with van der Waals surface area (Å²) in [6.45, 7) is 0. The van der Waals surface area contributed by atoms with E-state index in [2.05, 4.69) is 10.6 Å². The molecule has 0 aliphatic carbocycles. The summed E-state index contributed by atoms with van der Waals surface area (Å²) in [5.74, 6) is -0.346. The summed E-state index contributed by atoms with van der Waals surface area (Å²) in [5.41, 5.74) is -0.205. The van der Waals surface area contributed by atoms with Crippen LogP contribution in [0.1, 0.15) is 25.6 Å². The zero-order valence-electron chi connectivity index (χ0n) is 17.5. The van der Waals surface area contributed by atoms with Gasteiger partial charge in [0.1, 0.15) is 10.6 Å². The SMILES string of the molecule is COc1ccc2c(Cl)c(C(=O)Nc3ccc(C(=O)Nc4cccc(C(F)(F)F)c4)cc3)sc2c1. The summed E-state index contributed by atoms with van der Waals surface area (Å²) in [6.07, 6.45) is -4.51. The zero-order chi connectivity index (χ0) is 24.5. The second-order valence-corrected chi connectivity index (χ2v) is 8.60. The molecule has 2 amide bonds. The number of carbonyl (C=O) groups is 2. The van der Waals surface area contributed by atoms with Crippen molar-refractivity contribution in [2.24, 2.45) is 0 Å². The maximum atomic E-state index is 12.9. The highest BCUT2D eigenvalue weighted by Crippen LogP contribution is 2.37. The van der Waals surface area contributed by atoms with E-state index in [1.165, 1.54) is 47.7 Å². The van der Waals surface area contributed by atoms with Crippen molar-refractivity contribution < 1.29 is 27.5 Å². The van der Waals surface area contributed by atoms with Crippen molar-refractivity contribution in [2.45, 2.75) is 6.18 Å². The molecule has 0 spiro atoms. The Kier molecular flexibility index (Phi) is 6.49. The summed E-state index contributed by atoms with van der Waals surface area (Å²) in [4.78, 5) is 25.5. The number of halogens is 4. The van der Waals surface area contributed by atoms with Crippen LogP contribution in [0.4, 0.5) is 24.5 Å². The highest BCUT2D eigenvalue weighted by molar-refractivity contribution is 7.21. The molecule has 0 saturated heterocycles. The van der Waals surface area contributed by atoms with Gasteiger partial charge in [0.25, 0.3) is 11.8 Å². The van der Waals surface area contributed by atoms with Crippen LogP contribution in [-0.4, -0.2) is 18.9 Å². The number of ether oxygens (including phenoxy) is 1. The normalized spacial score (nSPS) is 11.3. The lowest BCUT2D eigenvalue weighted by Crippen LogP contribution is -2.14. The first kappa shape index (κ1) is 23.6. The van der Waals surface area contributed by atoms with Gasteiger partial charge in [0.2, 0.25) is 0 Å². The Balaban J connectivity index is 1.46. The van der Waals surface area contributed by atoms with Crippen molar-refractivity contribution in [1.82, 2.24) is 0 Å². The van der Waals surface area contributed by atoms with Crippen LogP contribution < -0.4 is 15.4 Å². The standard InChI is InChI=1S/C24H16ClF3N2O3S/c1-33-17-9-10-18-19(12-17)34-21(20(18)25)23(32)29-15-7-5-13(6-8-15)22(31)30-16-4-2-3-14(11-16)24(26,27)28/h2-12H,1H3,(H,29,32)(H,30,31). The summed E-state index contributed by atoms with van der Waals surface area (Å²) in [5, 5.41) is 6.23. The number of anilines is 2. The van der Waals surface area contributed by atoms with Gasteiger partial charge in [-0.2, -0.15) is 13.2 Å². The number of rotatable bonds is 5. The van der Waals surface area contributed by atoms with Crippen LogP contribution in [-0.2, 0) is 6.18 Å². The zero-order valence-corrected chi connectivity index (χ0v) is 19.1. The Morgan fingerprint density at radius 3 is 2.29 bits per heavy atom. The van der Waals surface area contributed by atoms with E-state index >= 15 is 0 Å². The fraction of sp³-hybridized carbons (Fsp3) is 0.0833. The molecule has 10 heteroatoms. The van der Waals surface area contributed by atoms with Crippen molar-refractivity contribution in [3.8, 4) is 5.75 Å². The van der Waals surface area contributed by atoms with E-state index in [0.29, 0.717) is 21.3 Å². The minimum Gasteiger partial charge on any atom is -0.497 e. The number of nitrogens with one attached hydrogen (secondary N) is 2. The summed E-state index contributed by atoms with van der Waals surface area (Å²) in [7, 11) is 1.55. The first-order valence-electron chi connectivity index (χ1n) is 9.82. The second kappa shape index (κ2) is 9.36. The maximum absolute atomic E-state index is 12.9. The lowest BCUT2D eigenvalue weighted by molar-refractivity contribution is -0.137. The fourth-order valence-corrected chi connectivity index (χ4v) is 4.63. The first-order chi connectivity index (χ1) is 16.2. The number of carbonyl (C=O) groups excluding carboxylic acids is 2. The number of hydrogen-bond acceptors (Lipinski definition) is 4. The van der Waals surface area contributed by atoms with Crippen LogP contribution in [0.15, 0.2) is 66.7 Å². The lowest BCUT2D eigenvalue weighted by atomic mass is 10.1. The van der Waals surface area contributed by atoms with Crippen LogP contribution in [0.3, 0.4) is 0 Å². The molecule has 0 aliphatic heterocycles. The maximum Gasteiger partial charge on any atom is 0.416 e. The monoisotopic (exact) mass is 504 g/mol. The quantitative estimate of drug-likeness (QED) is 0.305. The van der Waals surface area contributed by atoms with E-state index in [0.717, 1.165) is 22.2 Å². The van der Waals surface area contributed by atoms with Gasteiger partial charge in [0.05, 0.1) is 17.7 Å². The van der Waals surface area contributed by atoms with Gasteiger partial charge >= 0.3 is 6.18 Å². The molecule has 0 bridgehead atoms. The Morgan fingerprint density at radius 1 is 0.912 bits per heavy atom. The van der Waals surface area contributed by atoms with E-state index in [9.17, 15) is 22.8 Å². The largest absolute Gasteiger partial charge is 0.497 e. The van der Waals surface area contributed by atoms with Crippen LogP contribution in [0.25, 0.3) is 10.1 Å². The van der Waals surface area contributed by atoms with Crippen LogP contribution in [0.5, 0.6) is 5.75 Å². The van der Waals surface area contributed by atoms with Gasteiger partial charge in [-0.15, -0.1) is 11.3 Å². The number of hydrogen-bond donors (Lipinski definition) is 2. The van der Waals surface area contributed by atoms with Crippen molar-refractivity contribution in [3.63, 3.8) is 0 Å². The lowest BCUT2D eigenvalue weighted by Gasteiger charge is -2.10. The Bertz CT molecular complexity index is 1380. The predicted octanol–water partition coefficient (Wildman–Crippen LogP) is 7.09. The van der Waals surface area contributed by atoms with E-state index in [1.807, 2.05) is 0 Å². The van der Waals surface area contributed by atoms with Gasteiger partial charge in [-0.25, -0.2) is 0 Å². The fourth-order valence-electron chi connectivity index (χ4n) is 3.19. The summed E-state index contributed by atoms with van der Waals surface area (Å²) >= 11 is 7.61. The first-order valence-corrected chi connectivity index (χ1v) is 11.0. The van der Waals surface area contributed by atoms with Crippen LogP contribution >= 0.6 is 22.9 Å². The molecule has 0 aliphatic rings. The van der Waals surface area contributed by atoms with Crippen molar-refractivity contribution in [2.75, 3.05) is 17.7 Å². The molecule has 4 aromatic rings. The topological polar surface area (TPSA) is 67.4 Å². The molecule has 0 saturated carbocycles. The highest BCUT2D eigenvalue weighted by Gasteiger charge is 2.30. The van der Waals surface area contributed by atoms with Gasteiger partial charge in [0.15, 0.2) is 0 Å². The van der Waals surface area contributed by atoms with Crippen molar-refractivity contribution in [1.29, 1.82) is 0 Å². The van der Waals surface area contributed by atoms with Crippen LogP contribution in [0, 0.1) is 0 Å². The van der Waals surface area contributed by atoms with E-state index in [4.69, 9.17) is 16.3 Å². The number of thiophene rings is 1. The Labute approximate surface area is 201 Å². The molecule has 0 radical (unpaired) electrons. The van der Waals surface area contributed by atoms with Gasteiger partial charge in [-0.05, 0) is 60.7 Å². The molecule has 0 fully saturated rings. The minimum atomic E-state index is -4.51. The third-order valence-corrected chi connectivity index (χ3v) is 6.55. The Hall–Kier alpha value is -3.56. The van der Waals surface area contributed by atoms with E-state index in [1.54, 1.807) is 25.3 Å². The smallest absolute Gasteiger partial charge is 0.416 e. The number of alkyl halides is 3. The van der Waals surface area contributed by atoms with Gasteiger partial charge in [0, 0.05) is 27.0 Å². The predicted molar refractivity (Wildman–Crippen MR) is 127 cm³/mol. The number of methoxy groups -OCH3 is 1. The molecular weight excluding hydrogens is 489 g/mol. The average Bonchev–Trinajstić information content (AvgIpc) is 3.15. The Morgan fingerprint density at radius 2 is 1.62 bits per heavy atom. The van der Waals surface area contributed by atoms with Gasteiger partial charge < -0.3 is 15.4 Å². The average molecular weight is 505 g/mol. The molecular formula is C24H16ClF3N2O3S. The van der Waals surface area contributed by atoms with Gasteiger partial charge in [-0.1, -0.05) is 17.7 Å². The molecule has 2 N–H and O–H groups in total. The van der Waals surface area contributed by atoms with E-state index in [-0.39, 0.29) is 11.3 Å². The number of amides is 2. The summed E-state index contributed by atoms with van der Waals surface area (Å²) < 4.78 is 44.6. The molecule has 5 nitrogen and oxygen atoms in total. The summed E-state index contributed by atoms with van der Waals surface area (Å²) in [6, 6.07) is 15.6. The molecule has 174 valence electrons. The number of benzene rings is 3. The van der Waals surface area contributed by atoms with Gasteiger partial charge in [-0.3, -0.25) is 9.59 Å². The van der Waals surface area contributed by atoms with E-state index < -0.39 is 23.6 Å². The third-order valence-electron chi connectivity index (χ3n) is 4.90. The molecule has 1 aromatic heterocycles. The minimum absolute atomic E-state index is 0.0215. The highest BCUT2D eigenvalue weighted by atomic mass is 35.5. The van der Waals surface area contributed by atoms with Crippen molar-refractivity contribution in [3.05, 3.63) is 87.8 Å². The molecule has 0 unspecified atom stereocenters. The molecule has 1 heterocycles. The van der Waals surface area contributed by atoms with Crippen molar-refractivity contribution >= 4 is 56.2 Å². The third kappa shape index (κ3) is 5.00.